The molecule has 2 rings (SSSR count). The molecule has 0 aliphatic rings. The molecular weight excluding hydrogens is 230 g/mol. The lowest BCUT2D eigenvalue weighted by molar-refractivity contribution is 0.810. The van der Waals surface area contributed by atoms with Gasteiger partial charge in [0.1, 0.15) is 17.5 Å². The van der Waals surface area contributed by atoms with E-state index in [0.29, 0.717) is 17.2 Å². The van der Waals surface area contributed by atoms with Gasteiger partial charge in [0.05, 0.1) is 0 Å². The maximum atomic E-state index is 9.11. The highest BCUT2D eigenvalue weighted by molar-refractivity contribution is 5.65. The number of nitrogens with zero attached hydrogens (tertiary/aromatic N) is 5. The first kappa shape index (κ1) is 11.9. The molecule has 0 fully saturated rings. The summed E-state index contributed by atoms with van der Waals surface area (Å²) in [6, 6.07) is 5.64. The van der Waals surface area contributed by atoms with Gasteiger partial charge in [-0.25, -0.2) is 0 Å². The molecule has 7 nitrogen and oxygen atoms in total. The van der Waals surface area contributed by atoms with Crippen molar-refractivity contribution in [1.29, 1.82) is 5.26 Å². The summed E-state index contributed by atoms with van der Waals surface area (Å²) in [5.41, 5.74) is 6.21. The molecule has 2 aromatic heterocycles. The van der Waals surface area contributed by atoms with Crippen molar-refractivity contribution in [3.63, 3.8) is 0 Å². The average Bonchev–Trinajstić information content (AvgIpc) is 2.66. The highest BCUT2D eigenvalue weighted by atomic mass is 15.4. The van der Waals surface area contributed by atoms with E-state index in [1.165, 1.54) is 4.68 Å². The van der Waals surface area contributed by atoms with Crippen molar-refractivity contribution in [3.8, 4) is 11.9 Å². The summed E-state index contributed by atoms with van der Waals surface area (Å²) in [4.78, 5) is 0. The van der Waals surface area contributed by atoms with Crippen LogP contribution in [-0.2, 0) is 0 Å². The van der Waals surface area contributed by atoms with Gasteiger partial charge in [0.25, 0.3) is 0 Å². The van der Waals surface area contributed by atoms with Gasteiger partial charge in [-0.1, -0.05) is 0 Å². The Balaban J connectivity index is 2.51. The van der Waals surface area contributed by atoms with Crippen LogP contribution in [0, 0.1) is 11.3 Å². The van der Waals surface area contributed by atoms with E-state index in [-0.39, 0.29) is 11.9 Å². The van der Waals surface area contributed by atoms with Crippen molar-refractivity contribution in [2.75, 3.05) is 11.1 Å². The van der Waals surface area contributed by atoms with Crippen molar-refractivity contribution < 1.29 is 0 Å². The molecule has 0 bridgehead atoms. The number of hydrogen-bond acceptors (Lipinski definition) is 6. The zero-order valence-electron chi connectivity index (χ0n) is 10.1. The minimum atomic E-state index is 0.154. The second-order valence-corrected chi connectivity index (χ2v) is 4.01. The van der Waals surface area contributed by atoms with E-state index in [4.69, 9.17) is 11.0 Å². The number of nitrogen functional groups attached to an aromatic ring is 1. The van der Waals surface area contributed by atoms with Crippen LogP contribution in [-0.4, -0.2) is 26.0 Å². The fraction of sp³-hybridized carbons (Fsp3) is 0.273. The third-order valence-corrected chi connectivity index (χ3v) is 2.23. The SMILES string of the molecule is CC(C)Nc1nn(-c2cccnn2)c(N)c1C#N. The van der Waals surface area contributed by atoms with Crippen LogP contribution in [0.25, 0.3) is 5.82 Å². The minimum absolute atomic E-state index is 0.154. The van der Waals surface area contributed by atoms with Gasteiger partial charge < -0.3 is 11.1 Å². The Morgan fingerprint density at radius 3 is 2.83 bits per heavy atom. The Morgan fingerprint density at radius 1 is 1.50 bits per heavy atom. The molecule has 0 saturated carbocycles. The van der Waals surface area contributed by atoms with E-state index in [2.05, 4.69) is 20.6 Å². The summed E-state index contributed by atoms with van der Waals surface area (Å²) in [5, 5.41) is 24.1. The highest BCUT2D eigenvalue weighted by Gasteiger charge is 2.17. The van der Waals surface area contributed by atoms with Crippen LogP contribution in [0.1, 0.15) is 19.4 Å². The monoisotopic (exact) mass is 243 g/mol. The number of anilines is 2. The van der Waals surface area contributed by atoms with Crippen LogP contribution in [0.2, 0.25) is 0 Å². The van der Waals surface area contributed by atoms with Crippen molar-refractivity contribution >= 4 is 11.6 Å². The Morgan fingerprint density at radius 2 is 2.28 bits per heavy atom. The molecule has 0 radical (unpaired) electrons. The van der Waals surface area contributed by atoms with Gasteiger partial charge in [-0.05, 0) is 26.0 Å². The molecule has 0 atom stereocenters. The number of nitriles is 1. The number of aromatic nitrogens is 4. The lowest BCUT2D eigenvalue weighted by Gasteiger charge is -2.05. The Kier molecular flexibility index (Phi) is 3.10. The van der Waals surface area contributed by atoms with Gasteiger partial charge in [-0.2, -0.15) is 15.0 Å². The van der Waals surface area contributed by atoms with Gasteiger partial charge in [0.15, 0.2) is 11.6 Å². The molecule has 0 saturated heterocycles. The molecular formula is C11H13N7. The topological polar surface area (TPSA) is 105 Å². The summed E-state index contributed by atoms with van der Waals surface area (Å²) >= 11 is 0. The Hall–Kier alpha value is -2.62. The summed E-state index contributed by atoms with van der Waals surface area (Å²) in [5.74, 6) is 1.18. The van der Waals surface area contributed by atoms with Crippen molar-refractivity contribution in [1.82, 2.24) is 20.0 Å². The molecule has 7 heteroatoms. The number of hydrogen-bond donors (Lipinski definition) is 2. The van der Waals surface area contributed by atoms with Crippen LogP contribution in [0.4, 0.5) is 11.6 Å². The van der Waals surface area contributed by atoms with Crippen molar-refractivity contribution in [3.05, 3.63) is 23.9 Å². The summed E-state index contributed by atoms with van der Waals surface area (Å²) in [6.07, 6.45) is 1.56. The maximum absolute atomic E-state index is 9.11. The largest absolute Gasteiger partial charge is 0.382 e. The quantitative estimate of drug-likeness (QED) is 0.830. The van der Waals surface area contributed by atoms with Crippen LogP contribution in [0.15, 0.2) is 18.3 Å². The summed E-state index contributed by atoms with van der Waals surface area (Å²) in [6.45, 7) is 3.91. The smallest absolute Gasteiger partial charge is 0.178 e. The van der Waals surface area contributed by atoms with E-state index in [1.807, 2.05) is 19.9 Å². The lowest BCUT2D eigenvalue weighted by Crippen LogP contribution is -2.11. The molecule has 0 aromatic carbocycles. The fourth-order valence-corrected chi connectivity index (χ4v) is 1.50. The molecule has 0 unspecified atom stereocenters. The molecule has 3 N–H and O–H groups in total. The number of rotatable bonds is 3. The fourth-order valence-electron chi connectivity index (χ4n) is 1.50. The first-order valence-electron chi connectivity index (χ1n) is 5.46. The predicted molar refractivity (Wildman–Crippen MR) is 67.0 cm³/mol. The minimum Gasteiger partial charge on any atom is -0.382 e. The van der Waals surface area contributed by atoms with E-state index >= 15 is 0 Å². The Labute approximate surface area is 104 Å². The average molecular weight is 243 g/mol. The summed E-state index contributed by atoms with van der Waals surface area (Å²) < 4.78 is 1.40. The number of nitrogens with one attached hydrogen (secondary N) is 1. The second-order valence-electron chi connectivity index (χ2n) is 4.01. The predicted octanol–water partition coefficient (Wildman–Crippen LogP) is 0.936. The highest BCUT2D eigenvalue weighted by Crippen LogP contribution is 2.23. The van der Waals surface area contributed by atoms with Crippen molar-refractivity contribution in [2.24, 2.45) is 0 Å². The van der Waals surface area contributed by atoms with E-state index < -0.39 is 0 Å². The van der Waals surface area contributed by atoms with E-state index in [9.17, 15) is 0 Å². The first-order valence-corrected chi connectivity index (χ1v) is 5.46. The summed E-state index contributed by atoms with van der Waals surface area (Å²) in [7, 11) is 0. The Bertz CT molecular complexity index is 579. The molecule has 0 spiro atoms. The first-order chi connectivity index (χ1) is 8.63. The van der Waals surface area contributed by atoms with E-state index in [0.717, 1.165) is 0 Å². The van der Waals surface area contributed by atoms with Crippen LogP contribution < -0.4 is 11.1 Å². The maximum Gasteiger partial charge on any atom is 0.178 e. The van der Waals surface area contributed by atoms with Gasteiger partial charge in [0.2, 0.25) is 0 Å². The lowest BCUT2D eigenvalue weighted by atomic mass is 10.3. The molecule has 0 aliphatic heterocycles. The molecule has 2 aromatic rings. The molecule has 92 valence electrons. The van der Waals surface area contributed by atoms with Gasteiger partial charge in [-0.3, -0.25) is 0 Å². The second kappa shape index (κ2) is 4.71. The normalized spacial score (nSPS) is 10.3. The number of nitrogens with two attached hydrogens (primary N) is 1. The third kappa shape index (κ3) is 2.08. The molecule has 0 amide bonds. The van der Waals surface area contributed by atoms with Crippen LogP contribution >= 0.6 is 0 Å². The molecule has 18 heavy (non-hydrogen) atoms. The van der Waals surface area contributed by atoms with Crippen molar-refractivity contribution in [2.45, 2.75) is 19.9 Å². The zero-order valence-corrected chi connectivity index (χ0v) is 10.1. The van der Waals surface area contributed by atoms with Gasteiger partial charge in [-0.15, -0.1) is 10.2 Å². The van der Waals surface area contributed by atoms with Gasteiger partial charge >= 0.3 is 0 Å². The standard InChI is InChI=1S/C11H13N7/c1-7(2)15-11-8(6-12)10(13)18(17-11)9-4-3-5-14-16-9/h3-5,7H,13H2,1-2H3,(H,15,17). The van der Waals surface area contributed by atoms with Crippen LogP contribution in [0.5, 0.6) is 0 Å². The van der Waals surface area contributed by atoms with Gasteiger partial charge in [0, 0.05) is 12.2 Å². The van der Waals surface area contributed by atoms with E-state index in [1.54, 1.807) is 18.3 Å². The third-order valence-electron chi connectivity index (χ3n) is 2.23. The van der Waals surface area contributed by atoms with Crippen LogP contribution in [0.3, 0.4) is 0 Å². The molecule has 0 aliphatic carbocycles. The molecule has 2 heterocycles. The zero-order chi connectivity index (χ0) is 13.1.